The van der Waals surface area contributed by atoms with E-state index < -0.39 is 6.09 Å². The fourth-order valence-corrected chi connectivity index (χ4v) is 0.993. The quantitative estimate of drug-likeness (QED) is 0.788. The molecule has 0 bridgehead atoms. The third kappa shape index (κ3) is 3.08. The van der Waals surface area contributed by atoms with E-state index in [1.54, 1.807) is 10.9 Å². The van der Waals surface area contributed by atoms with Gasteiger partial charge in [-0.25, -0.2) is 4.79 Å². The van der Waals surface area contributed by atoms with Gasteiger partial charge in [-0.2, -0.15) is 5.10 Å². The SMILES string of the molecule is CC(C)OC(=O)NCc1ccnn1C. The number of hydrogen-bond acceptors (Lipinski definition) is 3. The molecule has 14 heavy (non-hydrogen) atoms. The maximum atomic E-state index is 11.1. The molecular weight excluding hydrogens is 182 g/mol. The zero-order chi connectivity index (χ0) is 10.6. The predicted octanol–water partition coefficient (Wildman–Crippen LogP) is 1.05. The molecule has 1 N–H and O–H groups in total. The standard InChI is InChI=1S/C9H15N3O2/c1-7(2)14-9(13)10-6-8-4-5-11-12(8)3/h4-5,7H,6H2,1-3H3,(H,10,13). The summed E-state index contributed by atoms with van der Waals surface area (Å²) in [6.07, 6.45) is 1.19. The molecule has 0 saturated carbocycles. The Morgan fingerprint density at radius 2 is 2.43 bits per heavy atom. The Hall–Kier alpha value is -1.52. The van der Waals surface area contributed by atoms with Crippen molar-refractivity contribution in [2.45, 2.75) is 26.5 Å². The Balaban J connectivity index is 2.34. The molecule has 1 aromatic heterocycles. The van der Waals surface area contributed by atoms with Crippen LogP contribution in [0.5, 0.6) is 0 Å². The van der Waals surface area contributed by atoms with E-state index in [-0.39, 0.29) is 6.10 Å². The highest BCUT2D eigenvalue weighted by atomic mass is 16.6. The molecule has 78 valence electrons. The van der Waals surface area contributed by atoms with E-state index in [1.807, 2.05) is 27.0 Å². The molecule has 0 radical (unpaired) electrons. The number of nitrogens with one attached hydrogen (secondary N) is 1. The summed E-state index contributed by atoms with van der Waals surface area (Å²) in [5, 5.41) is 6.62. The maximum absolute atomic E-state index is 11.1. The molecule has 1 rings (SSSR count). The number of amides is 1. The number of aromatic nitrogens is 2. The smallest absolute Gasteiger partial charge is 0.407 e. The first kappa shape index (κ1) is 10.6. The molecule has 0 aliphatic heterocycles. The summed E-state index contributed by atoms with van der Waals surface area (Å²) >= 11 is 0. The van der Waals surface area contributed by atoms with Gasteiger partial charge in [0.1, 0.15) is 0 Å². The van der Waals surface area contributed by atoms with Crippen LogP contribution in [0.1, 0.15) is 19.5 Å². The van der Waals surface area contributed by atoms with E-state index in [4.69, 9.17) is 4.74 Å². The van der Waals surface area contributed by atoms with E-state index >= 15 is 0 Å². The number of ether oxygens (including phenoxy) is 1. The summed E-state index contributed by atoms with van der Waals surface area (Å²) < 4.78 is 6.61. The molecule has 0 unspecified atom stereocenters. The van der Waals surface area contributed by atoms with Crippen molar-refractivity contribution >= 4 is 6.09 Å². The van der Waals surface area contributed by atoms with Gasteiger partial charge in [0.25, 0.3) is 0 Å². The summed E-state index contributed by atoms with van der Waals surface area (Å²) in [7, 11) is 1.82. The molecule has 0 aliphatic rings. The van der Waals surface area contributed by atoms with Gasteiger partial charge in [-0.15, -0.1) is 0 Å². The molecule has 0 aromatic carbocycles. The predicted molar refractivity (Wildman–Crippen MR) is 51.7 cm³/mol. The van der Waals surface area contributed by atoms with Gasteiger partial charge in [-0.1, -0.05) is 0 Å². The summed E-state index contributed by atoms with van der Waals surface area (Å²) in [5.74, 6) is 0. The zero-order valence-corrected chi connectivity index (χ0v) is 8.65. The normalized spacial score (nSPS) is 10.3. The molecule has 5 heteroatoms. The van der Waals surface area contributed by atoms with Crippen LogP contribution in [0, 0.1) is 0 Å². The Morgan fingerprint density at radius 1 is 1.71 bits per heavy atom. The van der Waals surface area contributed by atoms with E-state index in [1.165, 1.54) is 0 Å². The Kier molecular flexibility index (Phi) is 3.50. The van der Waals surface area contributed by atoms with Crippen molar-refractivity contribution in [1.29, 1.82) is 0 Å². The minimum Gasteiger partial charge on any atom is -0.447 e. The fourth-order valence-electron chi connectivity index (χ4n) is 0.993. The lowest BCUT2D eigenvalue weighted by atomic mass is 10.4. The number of carbonyl (C=O) groups excluding carboxylic acids is 1. The zero-order valence-electron chi connectivity index (χ0n) is 8.65. The number of carbonyl (C=O) groups is 1. The first-order chi connectivity index (χ1) is 6.59. The average molecular weight is 197 g/mol. The average Bonchev–Trinajstić information content (AvgIpc) is 2.46. The molecule has 5 nitrogen and oxygen atoms in total. The van der Waals surface area contributed by atoms with Gasteiger partial charge in [-0.3, -0.25) is 4.68 Å². The van der Waals surface area contributed by atoms with Crippen LogP contribution in [-0.4, -0.2) is 22.0 Å². The second-order valence-electron chi connectivity index (χ2n) is 3.25. The lowest BCUT2D eigenvalue weighted by Gasteiger charge is -2.09. The summed E-state index contributed by atoms with van der Waals surface area (Å²) in [5.41, 5.74) is 0.936. The molecule has 1 aromatic rings. The van der Waals surface area contributed by atoms with Crippen LogP contribution >= 0.6 is 0 Å². The summed E-state index contributed by atoms with van der Waals surface area (Å²) in [6, 6.07) is 1.84. The van der Waals surface area contributed by atoms with E-state index in [0.717, 1.165) is 5.69 Å². The number of alkyl carbamates (subject to hydrolysis) is 1. The van der Waals surface area contributed by atoms with Crippen LogP contribution in [0.3, 0.4) is 0 Å². The second-order valence-corrected chi connectivity index (χ2v) is 3.25. The minimum absolute atomic E-state index is 0.0958. The first-order valence-corrected chi connectivity index (χ1v) is 4.51. The van der Waals surface area contributed by atoms with Crippen molar-refractivity contribution in [2.75, 3.05) is 0 Å². The van der Waals surface area contributed by atoms with Crippen molar-refractivity contribution in [1.82, 2.24) is 15.1 Å². The largest absolute Gasteiger partial charge is 0.447 e. The number of hydrogen-bond donors (Lipinski definition) is 1. The van der Waals surface area contributed by atoms with Crippen LogP contribution in [0.25, 0.3) is 0 Å². The molecule has 0 fully saturated rings. The molecule has 0 saturated heterocycles. The van der Waals surface area contributed by atoms with Crippen molar-refractivity contribution in [3.05, 3.63) is 18.0 Å². The minimum atomic E-state index is -0.402. The van der Waals surface area contributed by atoms with E-state index in [2.05, 4.69) is 10.4 Å². The van der Waals surface area contributed by atoms with E-state index in [0.29, 0.717) is 6.54 Å². The number of aryl methyl sites for hydroxylation is 1. The topological polar surface area (TPSA) is 56.1 Å². The lowest BCUT2D eigenvalue weighted by molar-refractivity contribution is 0.115. The van der Waals surface area contributed by atoms with Gasteiger partial charge < -0.3 is 10.1 Å². The van der Waals surface area contributed by atoms with Gasteiger partial charge in [0.2, 0.25) is 0 Å². The molecule has 1 heterocycles. The van der Waals surface area contributed by atoms with Gasteiger partial charge in [-0.05, 0) is 19.9 Å². The van der Waals surface area contributed by atoms with Gasteiger partial charge in [0.15, 0.2) is 0 Å². The number of rotatable bonds is 3. The molecular formula is C9H15N3O2. The summed E-state index contributed by atoms with van der Waals surface area (Å²) in [4.78, 5) is 11.1. The molecule has 0 atom stereocenters. The van der Waals surface area contributed by atoms with Gasteiger partial charge in [0, 0.05) is 13.2 Å². The summed E-state index contributed by atoms with van der Waals surface area (Å²) in [6.45, 7) is 4.05. The van der Waals surface area contributed by atoms with Crippen LogP contribution in [0.4, 0.5) is 4.79 Å². The highest BCUT2D eigenvalue weighted by Crippen LogP contribution is 1.96. The monoisotopic (exact) mass is 197 g/mol. The molecule has 0 aliphatic carbocycles. The lowest BCUT2D eigenvalue weighted by Crippen LogP contribution is -2.27. The van der Waals surface area contributed by atoms with Crippen molar-refractivity contribution in [3.8, 4) is 0 Å². The highest BCUT2D eigenvalue weighted by molar-refractivity contribution is 5.67. The van der Waals surface area contributed by atoms with Crippen LogP contribution < -0.4 is 5.32 Å². The van der Waals surface area contributed by atoms with E-state index in [9.17, 15) is 4.79 Å². The van der Waals surface area contributed by atoms with Crippen molar-refractivity contribution in [3.63, 3.8) is 0 Å². The number of nitrogens with zero attached hydrogens (tertiary/aromatic N) is 2. The fraction of sp³-hybridized carbons (Fsp3) is 0.556. The van der Waals surface area contributed by atoms with Crippen LogP contribution in [-0.2, 0) is 18.3 Å². The molecule has 0 spiro atoms. The van der Waals surface area contributed by atoms with Crippen LogP contribution in [0.15, 0.2) is 12.3 Å². The van der Waals surface area contributed by atoms with Crippen molar-refractivity contribution in [2.24, 2.45) is 7.05 Å². The Morgan fingerprint density at radius 3 is 2.93 bits per heavy atom. The molecule has 1 amide bonds. The Bertz CT molecular complexity index is 307. The highest BCUT2D eigenvalue weighted by Gasteiger charge is 2.05. The van der Waals surface area contributed by atoms with Crippen LogP contribution in [0.2, 0.25) is 0 Å². The second kappa shape index (κ2) is 4.64. The van der Waals surface area contributed by atoms with Gasteiger partial charge in [0.05, 0.1) is 18.3 Å². The van der Waals surface area contributed by atoms with Gasteiger partial charge >= 0.3 is 6.09 Å². The maximum Gasteiger partial charge on any atom is 0.407 e. The third-order valence-electron chi connectivity index (χ3n) is 1.68. The Labute approximate surface area is 83.1 Å². The van der Waals surface area contributed by atoms with Crippen molar-refractivity contribution < 1.29 is 9.53 Å². The first-order valence-electron chi connectivity index (χ1n) is 4.51. The third-order valence-corrected chi connectivity index (χ3v) is 1.68.